The van der Waals surface area contributed by atoms with Crippen molar-refractivity contribution in [3.05, 3.63) is 48.2 Å². The quantitative estimate of drug-likeness (QED) is 0.823. The molecule has 1 aromatic rings. The number of hydrogen-bond donors (Lipinski definition) is 1. The van der Waals surface area contributed by atoms with Crippen LogP contribution in [0.25, 0.3) is 11.3 Å². The van der Waals surface area contributed by atoms with E-state index < -0.39 is 0 Å². The lowest BCUT2D eigenvalue weighted by Crippen LogP contribution is -2.10. The van der Waals surface area contributed by atoms with Crippen LogP contribution < -0.4 is 5.32 Å². The molecule has 0 aliphatic carbocycles. The van der Waals surface area contributed by atoms with Crippen LogP contribution in [0.5, 0.6) is 0 Å². The number of allylic oxidation sites excluding steroid dienone is 1. The fraction of sp³-hybridized carbons (Fsp3) is 0.375. The van der Waals surface area contributed by atoms with E-state index in [9.17, 15) is 0 Å². The summed E-state index contributed by atoms with van der Waals surface area (Å²) in [6.45, 7) is 12.3. The summed E-state index contributed by atoms with van der Waals surface area (Å²) in [5.74, 6) is 0. The number of rotatable bonds is 6. The second-order valence-electron chi connectivity index (χ2n) is 4.47. The summed E-state index contributed by atoms with van der Waals surface area (Å²) in [4.78, 5) is 2.18. The van der Waals surface area contributed by atoms with Crippen LogP contribution in [0.15, 0.2) is 37.0 Å². The van der Waals surface area contributed by atoms with Crippen molar-refractivity contribution in [2.75, 3.05) is 20.1 Å². The minimum absolute atomic E-state index is 0.904. The second kappa shape index (κ2) is 6.90. The highest BCUT2D eigenvalue weighted by Crippen LogP contribution is 2.17. The fourth-order valence-corrected chi connectivity index (χ4v) is 1.75. The monoisotopic (exact) mass is 244 g/mol. The van der Waals surface area contributed by atoms with Crippen LogP contribution in [-0.2, 0) is 0 Å². The van der Waals surface area contributed by atoms with Gasteiger partial charge in [-0.1, -0.05) is 30.8 Å². The van der Waals surface area contributed by atoms with E-state index in [1.54, 1.807) is 0 Å². The van der Waals surface area contributed by atoms with E-state index in [4.69, 9.17) is 0 Å². The first-order valence-electron chi connectivity index (χ1n) is 6.50. The van der Waals surface area contributed by atoms with Crippen molar-refractivity contribution >= 4 is 11.3 Å². The van der Waals surface area contributed by atoms with Crippen molar-refractivity contribution < 1.29 is 0 Å². The molecule has 0 atom stereocenters. The highest BCUT2D eigenvalue weighted by atomic mass is 15.1. The second-order valence-corrected chi connectivity index (χ2v) is 4.47. The molecule has 0 bridgehead atoms. The average molecular weight is 244 g/mol. The van der Waals surface area contributed by atoms with E-state index in [2.05, 4.69) is 75.1 Å². The van der Waals surface area contributed by atoms with Crippen molar-refractivity contribution in [2.45, 2.75) is 20.8 Å². The molecule has 0 aliphatic rings. The Balaban J connectivity index is 2.82. The largest absolute Gasteiger partial charge is 0.385 e. The topological polar surface area (TPSA) is 15.3 Å². The third-order valence-electron chi connectivity index (χ3n) is 2.99. The zero-order valence-electron chi connectivity index (χ0n) is 12.0. The predicted octanol–water partition coefficient (Wildman–Crippen LogP) is 3.58. The molecule has 1 aromatic carbocycles. The highest BCUT2D eigenvalue weighted by molar-refractivity contribution is 5.67. The third kappa shape index (κ3) is 3.95. The Morgan fingerprint density at radius 2 is 1.78 bits per heavy atom. The third-order valence-corrected chi connectivity index (χ3v) is 2.99. The van der Waals surface area contributed by atoms with Crippen molar-refractivity contribution in [1.29, 1.82) is 0 Å². The van der Waals surface area contributed by atoms with E-state index in [0.717, 1.165) is 24.4 Å². The van der Waals surface area contributed by atoms with Gasteiger partial charge in [-0.25, -0.2) is 0 Å². The summed E-state index contributed by atoms with van der Waals surface area (Å²) < 4.78 is 0. The molecular weight excluding hydrogens is 220 g/mol. The molecule has 0 spiro atoms. The van der Waals surface area contributed by atoms with Gasteiger partial charge in [-0.05, 0) is 37.5 Å². The first-order valence-corrected chi connectivity index (χ1v) is 6.50. The molecule has 0 heterocycles. The van der Waals surface area contributed by atoms with Gasteiger partial charge in [-0.15, -0.1) is 0 Å². The normalized spacial score (nSPS) is 11.2. The molecule has 2 nitrogen and oxygen atoms in total. The molecule has 0 amide bonds. The zero-order chi connectivity index (χ0) is 13.5. The van der Waals surface area contributed by atoms with Gasteiger partial charge in [0.1, 0.15) is 0 Å². The van der Waals surface area contributed by atoms with Crippen molar-refractivity contribution in [3.63, 3.8) is 0 Å². The van der Waals surface area contributed by atoms with Gasteiger partial charge in [0.15, 0.2) is 0 Å². The molecule has 1 N–H and O–H groups in total. The molecule has 1 rings (SSSR count). The lowest BCUT2D eigenvalue weighted by molar-refractivity contribution is 0.485. The van der Waals surface area contributed by atoms with E-state index in [1.165, 1.54) is 11.1 Å². The maximum absolute atomic E-state index is 4.02. The van der Waals surface area contributed by atoms with Crippen LogP contribution in [0.1, 0.15) is 31.9 Å². The summed E-state index contributed by atoms with van der Waals surface area (Å²) in [6, 6.07) is 8.52. The summed E-state index contributed by atoms with van der Waals surface area (Å²) in [6.07, 6.45) is 2.17. The molecule has 98 valence electrons. The smallest absolute Gasteiger partial charge is 0.0340 e. The van der Waals surface area contributed by atoms with Gasteiger partial charge in [-0.2, -0.15) is 0 Å². The van der Waals surface area contributed by atoms with Crippen LogP contribution >= 0.6 is 0 Å². The molecule has 0 aliphatic heterocycles. The lowest BCUT2D eigenvalue weighted by Gasteiger charge is -2.13. The van der Waals surface area contributed by atoms with Gasteiger partial charge in [0.25, 0.3) is 0 Å². The Bertz CT molecular complexity index is 415. The number of nitrogens with one attached hydrogen (secondary N) is 1. The van der Waals surface area contributed by atoms with Gasteiger partial charge < -0.3 is 10.2 Å². The summed E-state index contributed by atoms with van der Waals surface area (Å²) in [5.41, 5.74) is 4.66. The number of nitrogens with zero attached hydrogens (tertiary/aromatic N) is 1. The van der Waals surface area contributed by atoms with Crippen LogP contribution in [0, 0.1) is 0 Å². The summed E-state index contributed by atoms with van der Waals surface area (Å²) >= 11 is 0. The summed E-state index contributed by atoms with van der Waals surface area (Å²) in [5, 5.41) is 3.23. The summed E-state index contributed by atoms with van der Waals surface area (Å²) in [7, 11) is 2.09. The van der Waals surface area contributed by atoms with Crippen LogP contribution in [0.4, 0.5) is 0 Å². The first kappa shape index (κ1) is 14.4. The maximum Gasteiger partial charge on any atom is 0.0340 e. The Morgan fingerprint density at radius 3 is 2.28 bits per heavy atom. The minimum atomic E-state index is 0.904. The zero-order valence-corrected chi connectivity index (χ0v) is 12.0. The molecule has 0 radical (unpaired) electrons. The molecule has 0 unspecified atom stereocenters. The Hall–Kier alpha value is -1.70. The van der Waals surface area contributed by atoms with Crippen LogP contribution in [0.2, 0.25) is 0 Å². The van der Waals surface area contributed by atoms with E-state index in [0.29, 0.717) is 0 Å². The van der Waals surface area contributed by atoms with Gasteiger partial charge in [0.2, 0.25) is 0 Å². The first-order chi connectivity index (χ1) is 8.58. The molecule has 0 saturated heterocycles. The molecule has 0 saturated carbocycles. The van der Waals surface area contributed by atoms with Crippen LogP contribution in [0.3, 0.4) is 0 Å². The molecular formula is C16H24N2. The maximum atomic E-state index is 4.02. The van der Waals surface area contributed by atoms with Crippen molar-refractivity contribution in [1.82, 2.24) is 10.2 Å². The minimum Gasteiger partial charge on any atom is -0.385 e. The highest BCUT2D eigenvalue weighted by Gasteiger charge is 2.00. The van der Waals surface area contributed by atoms with E-state index in [1.807, 2.05) is 0 Å². The molecule has 0 aromatic heterocycles. The van der Waals surface area contributed by atoms with Gasteiger partial charge in [0, 0.05) is 32.0 Å². The number of hydrogen-bond acceptors (Lipinski definition) is 2. The van der Waals surface area contributed by atoms with Gasteiger partial charge in [-0.3, -0.25) is 0 Å². The Morgan fingerprint density at radius 1 is 1.22 bits per heavy atom. The molecule has 2 heteroatoms. The standard InChI is InChI=1S/C16H24N2/c1-6-17-14(4)16-10-8-15(9-11-16)13(3)12-18(5)7-2/h8-12,17H,4,6-7H2,1-3,5H3/b13-12+. The van der Waals surface area contributed by atoms with Crippen LogP contribution in [-0.4, -0.2) is 25.0 Å². The van der Waals surface area contributed by atoms with E-state index in [-0.39, 0.29) is 0 Å². The van der Waals surface area contributed by atoms with E-state index >= 15 is 0 Å². The Kier molecular flexibility index (Phi) is 5.50. The molecule has 18 heavy (non-hydrogen) atoms. The predicted molar refractivity (Wildman–Crippen MR) is 81.1 cm³/mol. The fourth-order valence-electron chi connectivity index (χ4n) is 1.75. The van der Waals surface area contributed by atoms with Gasteiger partial charge >= 0.3 is 0 Å². The number of benzene rings is 1. The SMILES string of the molecule is C=C(NCC)c1ccc(/C(C)=C/N(C)CC)cc1. The van der Waals surface area contributed by atoms with Crippen molar-refractivity contribution in [2.24, 2.45) is 0 Å². The van der Waals surface area contributed by atoms with Gasteiger partial charge in [0.05, 0.1) is 0 Å². The lowest BCUT2D eigenvalue weighted by atomic mass is 10.0. The van der Waals surface area contributed by atoms with Crippen molar-refractivity contribution in [3.8, 4) is 0 Å². The Labute approximate surface area is 111 Å². The molecule has 0 fully saturated rings. The average Bonchev–Trinajstić information content (AvgIpc) is 2.39.